The van der Waals surface area contributed by atoms with Crippen molar-refractivity contribution in [3.05, 3.63) is 71.8 Å². The number of hydrogen-bond donors (Lipinski definition) is 0. The number of ketones is 1. The molecule has 0 bridgehead atoms. The highest BCUT2D eigenvalue weighted by molar-refractivity contribution is 9.15. The number of Topliss-reactive ketones (excluding diaryl/α,β-unsaturated/α-hetero) is 1. The minimum atomic E-state index is 0.0527. The maximum Gasteiger partial charge on any atom is 0.161 e. The van der Waals surface area contributed by atoms with Crippen molar-refractivity contribution in [2.75, 3.05) is 0 Å². The Balaban J connectivity index is 2.58. The van der Waals surface area contributed by atoms with Crippen molar-refractivity contribution in [1.29, 1.82) is 0 Å². The lowest BCUT2D eigenvalue weighted by Crippen LogP contribution is -1.98. The molecule has 0 aliphatic rings. The van der Waals surface area contributed by atoms with Crippen molar-refractivity contribution in [3.8, 4) is 0 Å². The van der Waals surface area contributed by atoms with E-state index in [4.69, 9.17) is 0 Å². The first-order valence-electron chi connectivity index (χ1n) is 5.71. The Bertz CT molecular complexity index is 571. The Morgan fingerprint density at radius 1 is 0.833 bits per heavy atom. The van der Waals surface area contributed by atoms with Crippen LogP contribution in [-0.4, -0.2) is 5.78 Å². The predicted molar refractivity (Wildman–Crippen MR) is 79.3 cm³/mol. The van der Waals surface area contributed by atoms with Crippen LogP contribution in [0.1, 0.15) is 18.1 Å². The molecule has 2 rings (SSSR count). The molecule has 2 heteroatoms. The van der Waals surface area contributed by atoms with Gasteiger partial charge in [0.15, 0.2) is 5.78 Å². The van der Waals surface area contributed by atoms with Crippen LogP contribution in [-0.2, 0) is 4.79 Å². The fraction of sp³-hybridized carbons (Fsp3) is 0.0625. The summed E-state index contributed by atoms with van der Waals surface area (Å²) in [6, 6.07) is 19.5. The van der Waals surface area contributed by atoms with E-state index in [-0.39, 0.29) is 5.78 Å². The van der Waals surface area contributed by atoms with Crippen LogP contribution in [0.25, 0.3) is 10.1 Å². The molecular formula is C16H13BrO. The fourth-order valence-corrected chi connectivity index (χ4v) is 2.59. The number of halogens is 1. The van der Waals surface area contributed by atoms with E-state index in [1.54, 1.807) is 6.92 Å². The van der Waals surface area contributed by atoms with Crippen LogP contribution in [0.5, 0.6) is 0 Å². The second kappa shape index (κ2) is 5.78. The molecule has 0 atom stereocenters. The van der Waals surface area contributed by atoms with E-state index in [1.807, 2.05) is 60.7 Å². The molecule has 0 aromatic heterocycles. The molecule has 0 saturated heterocycles. The zero-order chi connectivity index (χ0) is 13.0. The number of benzene rings is 2. The van der Waals surface area contributed by atoms with Crippen LogP contribution in [0.3, 0.4) is 0 Å². The third-order valence-corrected chi connectivity index (χ3v) is 3.52. The van der Waals surface area contributed by atoms with Crippen molar-refractivity contribution >= 4 is 31.8 Å². The Morgan fingerprint density at radius 3 is 1.72 bits per heavy atom. The van der Waals surface area contributed by atoms with Crippen LogP contribution in [0.2, 0.25) is 0 Å². The summed E-state index contributed by atoms with van der Waals surface area (Å²) >= 11 is 3.55. The molecule has 2 aromatic carbocycles. The van der Waals surface area contributed by atoms with E-state index < -0.39 is 0 Å². The first-order valence-corrected chi connectivity index (χ1v) is 6.51. The van der Waals surface area contributed by atoms with Gasteiger partial charge in [0.05, 0.1) is 0 Å². The predicted octanol–water partition coefficient (Wildman–Crippen LogP) is 4.54. The van der Waals surface area contributed by atoms with Gasteiger partial charge >= 0.3 is 0 Å². The summed E-state index contributed by atoms with van der Waals surface area (Å²) in [7, 11) is 0. The van der Waals surface area contributed by atoms with Crippen molar-refractivity contribution in [3.63, 3.8) is 0 Å². The third-order valence-electron chi connectivity index (χ3n) is 2.66. The number of carbonyl (C=O) groups is 1. The van der Waals surface area contributed by atoms with Gasteiger partial charge in [-0.1, -0.05) is 60.7 Å². The van der Waals surface area contributed by atoms with Gasteiger partial charge in [-0.05, 0) is 34.0 Å². The van der Waals surface area contributed by atoms with Gasteiger partial charge in [0.2, 0.25) is 0 Å². The van der Waals surface area contributed by atoms with Crippen LogP contribution < -0.4 is 0 Å². The van der Waals surface area contributed by atoms with Gasteiger partial charge in [-0.2, -0.15) is 0 Å². The normalized spacial score (nSPS) is 11.9. The lowest BCUT2D eigenvalue weighted by atomic mass is 10.00. The second-order valence-electron chi connectivity index (χ2n) is 3.98. The van der Waals surface area contributed by atoms with Crippen molar-refractivity contribution < 1.29 is 4.79 Å². The number of hydrogen-bond acceptors (Lipinski definition) is 1. The molecule has 0 amide bonds. The summed E-state index contributed by atoms with van der Waals surface area (Å²) in [6.07, 6.45) is 0. The highest BCUT2D eigenvalue weighted by atomic mass is 79.9. The number of rotatable bonds is 3. The third kappa shape index (κ3) is 2.77. The lowest BCUT2D eigenvalue weighted by molar-refractivity contribution is -0.111. The lowest BCUT2D eigenvalue weighted by Gasteiger charge is -2.08. The Morgan fingerprint density at radius 2 is 1.28 bits per heavy atom. The van der Waals surface area contributed by atoms with Gasteiger partial charge in [0, 0.05) is 10.1 Å². The zero-order valence-electron chi connectivity index (χ0n) is 10.1. The van der Waals surface area contributed by atoms with Gasteiger partial charge < -0.3 is 0 Å². The quantitative estimate of drug-likeness (QED) is 0.601. The van der Waals surface area contributed by atoms with Crippen LogP contribution in [0.15, 0.2) is 60.7 Å². The monoisotopic (exact) mass is 300 g/mol. The summed E-state index contributed by atoms with van der Waals surface area (Å²) in [6.45, 7) is 1.59. The van der Waals surface area contributed by atoms with Gasteiger partial charge in [-0.3, -0.25) is 4.79 Å². The van der Waals surface area contributed by atoms with Crippen LogP contribution >= 0.6 is 15.9 Å². The Labute approximate surface area is 115 Å². The van der Waals surface area contributed by atoms with Crippen molar-refractivity contribution in [2.24, 2.45) is 0 Å². The van der Waals surface area contributed by atoms with E-state index in [1.165, 1.54) is 0 Å². The Kier molecular flexibility index (Phi) is 4.11. The first kappa shape index (κ1) is 12.8. The molecule has 1 nitrogen and oxygen atoms in total. The molecule has 0 spiro atoms. The van der Waals surface area contributed by atoms with Gasteiger partial charge in [-0.15, -0.1) is 0 Å². The summed E-state index contributed by atoms with van der Waals surface area (Å²) in [4.78, 5) is 11.9. The van der Waals surface area contributed by atoms with Crippen molar-refractivity contribution in [1.82, 2.24) is 0 Å². The number of allylic oxidation sites excluding steroid dienone is 1. The Hall–Kier alpha value is -1.67. The maximum atomic E-state index is 11.9. The van der Waals surface area contributed by atoms with E-state index in [2.05, 4.69) is 15.9 Å². The molecule has 90 valence electrons. The van der Waals surface area contributed by atoms with Crippen molar-refractivity contribution in [2.45, 2.75) is 6.92 Å². The van der Waals surface area contributed by atoms with E-state index in [0.717, 1.165) is 15.6 Å². The minimum Gasteiger partial charge on any atom is -0.294 e. The first-order chi connectivity index (χ1) is 8.70. The summed E-state index contributed by atoms with van der Waals surface area (Å²) in [5.41, 5.74) is 2.65. The van der Waals surface area contributed by atoms with Gasteiger partial charge in [0.25, 0.3) is 0 Å². The molecule has 0 saturated carbocycles. The van der Waals surface area contributed by atoms with E-state index in [0.29, 0.717) is 5.57 Å². The average Bonchev–Trinajstić information content (AvgIpc) is 2.40. The molecule has 0 unspecified atom stereocenters. The summed E-state index contributed by atoms with van der Waals surface area (Å²) < 4.78 is 0.835. The topological polar surface area (TPSA) is 17.1 Å². The highest BCUT2D eigenvalue weighted by Crippen LogP contribution is 2.31. The minimum absolute atomic E-state index is 0.0527. The van der Waals surface area contributed by atoms with Gasteiger partial charge in [-0.25, -0.2) is 0 Å². The van der Waals surface area contributed by atoms with Crippen LogP contribution in [0.4, 0.5) is 0 Å². The molecule has 0 aliphatic carbocycles. The maximum absolute atomic E-state index is 11.9. The number of carbonyl (C=O) groups excluding carboxylic acids is 1. The molecule has 2 aromatic rings. The SMILES string of the molecule is CC(=O)/C(=C(\Br)c1ccccc1)c1ccccc1. The van der Waals surface area contributed by atoms with Gasteiger partial charge in [0.1, 0.15) is 0 Å². The molecule has 0 heterocycles. The molecule has 0 aliphatic heterocycles. The van der Waals surface area contributed by atoms with E-state index >= 15 is 0 Å². The van der Waals surface area contributed by atoms with Crippen LogP contribution in [0, 0.1) is 0 Å². The van der Waals surface area contributed by atoms with E-state index in [9.17, 15) is 4.79 Å². The fourth-order valence-electron chi connectivity index (χ4n) is 1.82. The second-order valence-corrected chi connectivity index (χ2v) is 4.77. The smallest absolute Gasteiger partial charge is 0.161 e. The summed E-state index contributed by atoms with van der Waals surface area (Å²) in [5.74, 6) is 0.0527. The molecule has 18 heavy (non-hydrogen) atoms. The standard InChI is InChI=1S/C16H13BrO/c1-12(18)15(13-8-4-2-5-9-13)16(17)14-10-6-3-7-11-14/h2-11H,1H3/b16-15+. The average molecular weight is 301 g/mol. The summed E-state index contributed by atoms with van der Waals surface area (Å²) in [5, 5.41) is 0. The molecule has 0 N–H and O–H groups in total. The highest BCUT2D eigenvalue weighted by Gasteiger charge is 2.13. The largest absolute Gasteiger partial charge is 0.294 e. The molecule has 0 radical (unpaired) electrons. The molecule has 0 fully saturated rings. The molecular weight excluding hydrogens is 288 g/mol. The zero-order valence-corrected chi connectivity index (χ0v) is 11.6.